The second-order valence-corrected chi connectivity index (χ2v) is 6.25. The van der Waals surface area contributed by atoms with Gasteiger partial charge < -0.3 is 20.1 Å². The molecule has 0 saturated carbocycles. The first kappa shape index (κ1) is 19.6. The third kappa shape index (κ3) is 5.29. The summed E-state index contributed by atoms with van der Waals surface area (Å²) in [6.45, 7) is 7.06. The molecule has 1 amide bonds. The van der Waals surface area contributed by atoms with E-state index in [0.717, 1.165) is 6.42 Å². The van der Waals surface area contributed by atoms with Crippen LogP contribution in [-0.2, 0) is 0 Å². The Morgan fingerprint density at radius 1 is 1.39 bits per heavy atom. The number of carbonyl (C=O) groups is 1. The molecule has 0 fully saturated rings. The second kappa shape index (κ2) is 8.99. The maximum Gasteiger partial charge on any atom is 0.253 e. The number of methoxy groups -OCH3 is 1. The summed E-state index contributed by atoms with van der Waals surface area (Å²) in [6.07, 6.45) is 0.752. The number of nitrogens with two attached hydrogens (primary N) is 1. The summed E-state index contributed by atoms with van der Waals surface area (Å²) in [7, 11) is 3.28. The van der Waals surface area contributed by atoms with E-state index in [9.17, 15) is 4.79 Å². The van der Waals surface area contributed by atoms with Crippen molar-refractivity contribution in [3.63, 3.8) is 0 Å². The van der Waals surface area contributed by atoms with Gasteiger partial charge in [0.2, 0.25) is 0 Å². The lowest BCUT2D eigenvalue weighted by atomic mass is 10.0. The lowest BCUT2D eigenvalue weighted by Gasteiger charge is -2.22. The van der Waals surface area contributed by atoms with E-state index in [-0.39, 0.29) is 11.9 Å². The summed E-state index contributed by atoms with van der Waals surface area (Å²) in [5.41, 5.74) is 6.50. The van der Waals surface area contributed by atoms with Gasteiger partial charge in [0.05, 0.1) is 18.7 Å². The number of hydrogen-bond donors (Lipinski definition) is 1. The Labute approximate surface area is 143 Å². The van der Waals surface area contributed by atoms with Crippen molar-refractivity contribution < 1.29 is 14.3 Å². The van der Waals surface area contributed by atoms with Crippen LogP contribution in [-0.4, -0.2) is 44.2 Å². The average molecular weight is 343 g/mol. The van der Waals surface area contributed by atoms with Gasteiger partial charge in [0, 0.05) is 25.2 Å². The van der Waals surface area contributed by atoms with Crippen LogP contribution in [0.3, 0.4) is 0 Å². The molecule has 2 N–H and O–H groups in total. The normalized spacial score (nSPS) is 12.2. The van der Waals surface area contributed by atoms with E-state index in [1.165, 1.54) is 7.11 Å². The highest BCUT2D eigenvalue weighted by Gasteiger charge is 2.19. The third-order valence-electron chi connectivity index (χ3n) is 3.77. The molecule has 130 valence electrons. The number of halogens is 1. The molecule has 0 aliphatic rings. The Morgan fingerprint density at radius 3 is 2.57 bits per heavy atom. The molecular weight excluding hydrogens is 316 g/mol. The molecule has 23 heavy (non-hydrogen) atoms. The van der Waals surface area contributed by atoms with Gasteiger partial charge in [0.15, 0.2) is 11.5 Å². The lowest BCUT2D eigenvalue weighted by molar-refractivity contribution is 0.0788. The summed E-state index contributed by atoms with van der Waals surface area (Å²) in [6, 6.07) is 3.33. The van der Waals surface area contributed by atoms with Crippen molar-refractivity contribution in [3.05, 3.63) is 22.7 Å². The number of nitrogens with zero attached hydrogens (tertiary/aromatic N) is 1. The number of ether oxygens (including phenoxy) is 2. The molecule has 0 saturated heterocycles. The zero-order valence-corrected chi connectivity index (χ0v) is 15.3. The fourth-order valence-corrected chi connectivity index (χ4v) is 2.39. The SMILES string of the molecule is CCOc1c(Cl)cc(C(=O)N(C)CCC(N)C(C)C)cc1OC. The van der Waals surface area contributed by atoms with Crippen molar-refractivity contribution in [2.24, 2.45) is 11.7 Å². The van der Waals surface area contributed by atoms with Crippen LogP contribution in [0.2, 0.25) is 5.02 Å². The molecule has 1 unspecified atom stereocenters. The Morgan fingerprint density at radius 2 is 2.04 bits per heavy atom. The highest BCUT2D eigenvalue weighted by Crippen LogP contribution is 2.36. The van der Waals surface area contributed by atoms with Crippen LogP contribution < -0.4 is 15.2 Å². The van der Waals surface area contributed by atoms with E-state index in [2.05, 4.69) is 13.8 Å². The van der Waals surface area contributed by atoms with Gasteiger partial charge >= 0.3 is 0 Å². The molecule has 1 rings (SSSR count). The molecule has 5 nitrogen and oxygen atoms in total. The average Bonchev–Trinajstić information content (AvgIpc) is 2.52. The molecule has 1 atom stereocenters. The summed E-state index contributed by atoms with van der Waals surface area (Å²) in [5, 5.41) is 0.363. The van der Waals surface area contributed by atoms with Crippen molar-refractivity contribution in [1.82, 2.24) is 4.90 Å². The number of hydrogen-bond acceptors (Lipinski definition) is 4. The van der Waals surface area contributed by atoms with Crippen molar-refractivity contribution in [2.75, 3.05) is 27.3 Å². The highest BCUT2D eigenvalue weighted by atomic mass is 35.5. The van der Waals surface area contributed by atoms with E-state index in [4.69, 9.17) is 26.8 Å². The lowest BCUT2D eigenvalue weighted by Crippen LogP contribution is -2.34. The zero-order chi connectivity index (χ0) is 17.6. The van der Waals surface area contributed by atoms with Gasteiger partial charge in [-0.05, 0) is 31.4 Å². The van der Waals surface area contributed by atoms with Crippen LogP contribution in [0, 0.1) is 5.92 Å². The van der Waals surface area contributed by atoms with Crippen LogP contribution in [0.4, 0.5) is 0 Å². The molecular formula is C17H27ClN2O3. The smallest absolute Gasteiger partial charge is 0.253 e. The van der Waals surface area contributed by atoms with Gasteiger partial charge in [-0.1, -0.05) is 25.4 Å². The van der Waals surface area contributed by atoms with Crippen LogP contribution in [0.25, 0.3) is 0 Å². The van der Waals surface area contributed by atoms with Crippen LogP contribution in [0.15, 0.2) is 12.1 Å². The minimum absolute atomic E-state index is 0.0729. The molecule has 0 aliphatic heterocycles. The minimum Gasteiger partial charge on any atom is -0.493 e. The van der Waals surface area contributed by atoms with Crippen molar-refractivity contribution in [3.8, 4) is 11.5 Å². The van der Waals surface area contributed by atoms with Crippen molar-refractivity contribution >= 4 is 17.5 Å². The Kier molecular flexibility index (Phi) is 7.65. The third-order valence-corrected chi connectivity index (χ3v) is 4.05. The summed E-state index contributed by atoms with van der Waals surface area (Å²) in [5.74, 6) is 1.18. The number of benzene rings is 1. The summed E-state index contributed by atoms with van der Waals surface area (Å²) >= 11 is 6.21. The van der Waals surface area contributed by atoms with Gasteiger partial charge in [-0.2, -0.15) is 0 Å². The quantitative estimate of drug-likeness (QED) is 0.788. The predicted molar refractivity (Wildman–Crippen MR) is 93.6 cm³/mol. The molecule has 0 bridgehead atoms. The van der Waals surface area contributed by atoms with Crippen LogP contribution in [0.5, 0.6) is 11.5 Å². The fraction of sp³-hybridized carbons (Fsp3) is 0.588. The van der Waals surface area contributed by atoms with E-state index < -0.39 is 0 Å². The van der Waals surface area contributed by atoms with E-state index in [1.807, 2.05) is 6.92 Å². The Hall–Kier alpha value is -1.46. The first-order chi connectivity index (χ1) is 10.8. The topological polar surface area (TPSA) is 64.8 Å². The first-order valence-corrected chi connectivity index (χ1v) is 8.20. The standard InChI is InChI=1S/C17H27ClN2O3/c1-6-23-16-13(18)9-12(10-15(16)22-5)17(21)20(4)8-7-14(19)11(2)3/h9-11,14H,6-8,19H2,1-5H3. The molecule has 0 heterocycles. The van der Waals surface area contributed by atoms with Gasteiger partial charge in [-0.15, -0.1) is 0 Å². The first-order valence-electron chi connectivity index (χ1n) is 7.83. The maximum absolute atomic E-state index is 12.5. The number of carbonyl (C=O) groups excluding carboxylic acids is 1. The largest absolute Gasteiger partial charge is 0.493 e. The highest BCUT2D eigenvalue weighted by molar-refractivity contribution is 6.32. The molecule has 0 aliphatic carbocycles. The summed E-state index contributed by atoms with van der Waals surface area (Å²) < 4.78 is 10.7. The molecule has 0 aromatic heterocycles. The van der Waals surface area contributed by atoms with Gasteiger partial charge in [0.1, 0.15) is 0 Å². The van der Waals surface area contributed by atoms with Gasteiger partial charge in [-0.25, -0.2) is 0 Å². The van der Waals surface area contributed by atoms with Crippen molar-refractivity contribution in [2.45, 2.75) is 33.2 Å². The number of amides is 1. The number of rotatable bonds is 8. The minimum atomic E-state index is -0.121. The van der Waals surface area contributed by atoms with Gasteiger partial charge in [-0.3, -0.25) is 4.79 Å². The van der Waals surface area contributed by atoms with Gasteiger partial charge in [0.25, 0.3) is 5.91 Å². The Bertz CT molecular complexity index is 535. The van der Waals surface area contributed by atoms with E-state index >= 15 is 0 Å². The zero-order valence-electron chi connectivity index (χ0n) is 14.6. The summed E-state index contributed by atoms with van der Waals surface area (Å²) in [4.78, 5) is 14.2. The second-order valence-electron chi connectivity index (χ2n) is 5.85. The maximum atomic E-state index is 12.5. The molecule has 1 aromatic carbocycles. The van der Waals surface area contributed by atoms with E-state index in [1.54, 1.807) is 24.1 Å². The Balaban J connectivity index is 2.89. The predicted octanol–water partition coefficient (Wildman–Crippen LogP) is 3.19. The van der Waals surface area contributed by atoms with E-state index in [0.29, 0.717) is 41.2 Å². The van der Waals surface area contributed by atoms with Crippen molar-refractivity contribution in [1.29, 1.82) is 0 Å². The fourth-order valence-electron chi connectivity index (χ4n) is 2.13. The molecule has 0 radical (unpaired) electrons. The molecule has 6 heteroatoms. The molecule has 0 spiro atoms. The molecule has 1 aromatic rings. The van der Waals surface area contributed by atoms with Crippen LogP contribution >= 0.6 is 11.6 Å². The van der Waals surface area contributed by atoms with Crippen LogP contribution in [0.1, 0.15) is 37.6 Å². The monoisotopic (exact) mass is 342 g/mol.